The Morgan fingerprint density at radius 3 is 2.82 bits per heavy atom. The molecule has 0 aliphatic heterocycles. The Kier molecular flexibility index (Phi) is 1.85. The molecule has 2 aromatic rings. The van der Waals surface area contributed by atoms with Crippen molar-refractivity contribution in [2.45, 2.75) is 0 Å². The molecular weight excluding hydrogens is 202 g/mol. The van der Waals surface area contributed by atoms with Crippen LogP contribution in [-0.2, 0) is 0 Å². The van der Waals surface area contributed by atoms with Gasteiger partial charge in [-0.15, -0.1) is 21.5 Å². The van der Waals surface area contributed by atoms with E-state index in [0.717, 1.165) is 9.88 Å². The minimum absolute atomic E-state index is 0.466. The highest BCUT2D eigenvalue weighted by Gasteiger charge is 2.05. The van der Waals surface area contributed by atoms with E-state index < -0.39 is 0 Å². The molecule has 0 aliphatic carbocycles. The van der Waals surface area contributed by atoms with Crippen LogP contribution in [0, 0.1) is 0 Å². The molecule has 0 bridgehead atoms. The molecule has 0 atom stereocenters. The third kappa shape index (κ3) is 1.40. The maximum atomic E-state index is 5.61. The lowest BCUT2D eigenvalue weighted by atomic mass is 10.6. The summed E-state index contributed by atoms with van der Waals surface area (Å²) in [5.74, 6) is 0. The highest BCUT2D eigenvalue weighted by molar-refractivity contribution is 7.22. The second-order valence-electron chi connectivity index (χ2n) is 1.73. The molecule has 0 fully saturated rings. The van der Waals surface area contributed by atoms with Crippen molar-refractivity contribution < 1.29 is 0 Å². The third-order valence-electron chi connectivity index (χ3n) is 1.04. The summed E-state index contributed by atoms with van der Waals surface area (Å²) in [7, 11) is 0. The van der Waals surface area contributed by atoms with E-state index in [2.05, 4.69) is 15.2 Å². The van der Waals surface area contributed by atoms with Gasteiger partial charge >= 0.3 is 0 Å². The minimum atomic E-state index is 0.466. The Labute approximate surface area is 75.7 Å². The van der Waals surface area contributed by atoms with Gasteiger partial charge in [-0.1, -0.05) is 11.3 Å². The number of hydrogen-bond donors (Lipinski definition) is 0. The fourth-order valence-corrected chi connectivity index (χ4v) is 2.13. The van der Waals surface area contributed by atoms with Gasteiger partial charge in [0.25, 0.3) is 0 Å². The number of aromatic nitrogens is 3. The van der Waals surface area contributed by atoms with Gasteiger partial charge in [0.2, 0.25) is 4.47 Å². The van der Waals surface area contributed by atoms with E-state index in [1.54, 1.807) is 11.7 Å². The average molecular weight is 204 g/mol. The highest BCUT2D eigenvalue weighted by atomic mass is 35.5. The predicted molar refractivity (Wildman–Crippen MR) is 46.0 cm³/mol. The van der Waals surface area contributed by atoms with Gasteiger partial charge in [-0.05, 0) is 11.6 Å². The fourth-order valence-electron chi connectivity index (χ4n) is 0.626. The summed E-state index contributed by atoms with van der Waals surface area (Å²) in [5, 5.41) is 8.38. The molecule has 0 saturated carbocycles. The monoisotopic (exact) mass is 203 g/mol. The second-order valence-corrected chi connectivity index (χ2v) is 4.17. The maximum absolute atomic E-state index is 5.61. The van der Waals surface area contributed by atoms with E-state index >= 15 is 0 Å². The Hall–Kier alpha value is -0.520. The largest absolute Gasteiger partial charge is 0.252 e. The van der Waals surface area contributed by atoms with Gasteiger partial charge in [0.1, 0.15) is 0 Å². The van der Waals surface area contributed by atoms with Crippen LogP contribution in [0.3, 0.4) is 0 Å². The normalized spacial score (nSPS) is 10.3. The molecule has 0 aliphatic rings. The fraction of sp³-hybridized carbons (Fsp3) is 0. The van der Waals surface area contributed by atoms with Gasteiger partial charge in [0, 0.05) is 6.20 Å². The van der Waals surface area contributed by atoms with E-state index in [1.165, 1.54) is 22.7 Å². The predicted octanol–water partition coefficient (Wildman–Crippen LogP) is 2.32. The van der Waals surface area contributed by atoms with Crippen molar-refractivity contribution in [1.82, 2.24) is 15.2 Å². The van der Waals surface area contributed by atoms with Crippen molar-refractivity contribution in [3.63, 3.8) is 0 Å². The van der Waals surface area contributed by atoms with Gasteiger partial charge in [-0.3, -0.25) is 4.98 Å². The zero-order valence-corrected chi connectivity index (χ0v) is 7.58. The van der Waals surface area contributed by atoms with Gasteiger partial charge in [-0.2, -0.15) is 0 Å². The Morgan fingerprint density at radius 2 is 2.27 bits per heavy atom. The Balaban J connectivity index is 2.45. The van der Waals surface area contributed by atoms with E-state index in [0.29, 0.717) is 4.47 Å². The van der Waals surface area contributed by atoms with Gasteiger partial charge < -0.3 is 0 Å². The maximum Gasteiger partial charge on any atom is 0.207 e. The first-order valence-corrected chi connectivity index (χ1v) is 4.81. The first-order chi connectivity index (χ1) is 5.36. The quantitative estimate of drug-likeness (QED) is 0.714. The van der Waals surface area contributed by atoms with Crippen LogP contribution < -0.4 is 0 Å². The second kappa shape index (κ2) is 2.84. The molecular formula is C5H2ClN3S2. The molecule has 0 spiro atoms. The molecule has 0 saturated heterocycles. The molecule has 0 N–H and O–H groups in total. The van der Waals surface area contributed by atoms with Crippen LogP contribution in [0.15, 0.2) is 11.7 Å². The van der Waals surface area contributed by atoms with Crippen LogP contribution in [-0.4, -0.2) is 15.2 Å². The van der Waals surface area contributed by atoms with Gasteiger partial charge in [0.15, 0.2) is 5.01 Å². The number of rotatable bonds is 1. The van der Waals surface area contributed by atoms with Gasteiger partial charge in [-0.25, -0.2) is 0 Å². The Bertz CT molecular complexity index is 342. The number of thiazole rings is 1. The summed E-state index contributed by atoms with van der Waals surface area (Å²) in [6.45, 7) is 0. The minimum Gasteiger partial charge on any atom is -0.252 e. The summed E-state index contributed by atoms with van der Waals surface area (Å²) in [6.07, 6.45) is 1.75. The van der Waals surface area contributed by atoms with Crippen molar-refractivity contribution in [2.75, 3.05) is 0 Å². The molecule has 3 nitrogen and oxygen atoms in total. The van der Waals surface area contributed by atoms with E-state index in [-0.39, 0.29) is 0 Å². The van der Waals surface area contributed by atoms with E-state index in [1.807, 2.05) is 0 Å². The first-order valence-electron chi connectivity index (χ1n) is 2.74. The molecule has 0 amide bonds. The lowest BCUT2D eigenvalue weighted by molar-refractivity contribution is 1.10. The van der Waals surface area contributed by atoms with Crippen LogP contribution in [0.2, 0.25) is 4.47 Å². The standard InChI is InChI=1S/C5H2ClN3S2/c6-5-9-8-4(11-5)3-1-7-2-10-3/h1-2H. The summed E-state index contributed by atoms with van der Waals surface area (Å²) in [4.78, 5) is 4.93. The van der Waals surface area contributed by atoms with Gasteiger partial charge in [0.05, 0.1) is 10.4 Å². The number of nitrogens with zero attached hydrogens (tertiary/aromatic N) is 3. The first kappa shape index (κ1) is 7.15. The van der Waals surface area contributed by atoms with Crippen molar-refractivity contribution in [2.24, 2.45) is 0 Å². The molecule has 0 radical (unpaired) electrons. The SMILES string of the molecule is Clc1nnc(-c2cncs2)s1. The smallest absolute Gasteiger partial charge is 0.207 e. The molecule has 0 aromatic carbocycles. The highest BCUT2D eigenvalue weighted by Crippen LogP contribution is 2.28. The van der Waals surface area contributed by atoms with Crippen LogP contribution in [0.5, 0.6) is 0 Å². The van der Waals surface area contributed by atoms with E-state index in [9.17, 15) is 0 Å². The van der Waals surface area contributed by atoms with Crippen LogP contribution >= 0.6 is 34.3 Å². The molecule has 2 aromatic heterocycles. The third-order valence-corrected chi connectivity index (χ3v) is 3.00. The zero-order chi connectivity index (χ0) is 7.68. The van der Waals surface area contributed by atoms with Crippen LogP contribution in [0.4, 0.5) is 0 Å². The van der Waals surface area contributed by atoms with Crippen molar-refractivity contribution >= 4 is 34.3 Å². The topological polar surface area (TPSA) is 38.7 Å². The zero-order valence-electron chi connectivity index (χ0n) is 5.19. The van der Waals surface area contributed by atoms with Crippen molar-refractivity contribution in [3.8, 4) is 9.88 Å². The van der Waals surface area contributed by atoms with Crippen LogP contribution in [0.25, 0.3) is 9.88 Å². The lowest BCUT2D eigenvalue weighted by Gasteiger charge is -1.80. The molecule has 6 heteroatoms. The average Bonchev–Trinajstić information content (AvgIpc) is 2.55. The summed E-state index contributed by atoms with van der Waals surface area (Å²) in [6, 6.07) is 0. The molecule has 2 heterocycles. The lowest BCUT2D eigenvalue weighted by Crippen LogP contribution is -1.69. The molecule has 2 rings (SSSR count). The number of halogens is 1. The molecule has 0 unspecified atom stereocenters. The van der Waals surface area contributed by atoms with Crippen molar-refractivity contribution in [3.05, 3.63) is 16.2 Å². The van der Waals surface area contributed by atoms with E-state index in [4.69, 9.17) is 11.6 Å². The van der Waals surface area contributed by atoms with Crippen molar-refractivity contribution in [1.29, 1.82) is 0 Å². The summed E-state index contributed by atoms with van der Waals surface area (Å²) >= 11 is 8.49. The summed E-state index contributed by atoms with van der Waals surface area (Å²) in [5.41, 5.74) is 1.75. The number of hydrogen-bond acceptors (Lipinski definition) is 5. The molecule has 11 heavy (non-hydrogen) atoms. The van der Waals surface area contributed by atoms with Crippen LogP contribution in [0.1, 0.15) is 0 Å². The Morgan fingerprint density at radius 1 is 1.36 bits per heavy atom. The summed E-state index contributed by atoms with van der Waals surface area (Å²) < 4.78 is 0.466. The molecule has 56 valence electrons.